The first kappa shape index (κ1) is 14.3. The Morgan fingerprint density at radius 1 is 1.20 bits per heavy atom. The molecule has 0 aliphatic carbocycles. The number of halogens is 1. The van der Waals surface area contributed by atoms with Gasteiger partial charge in [0.15, 0.2) is 5.69 Å². The number of anilines is 1. The minimum absolute atomic E-state index is 0.241. The Morgan fingerprint density at radius 3 is 2.55 bits per heavy atom. The van der Waals surface area contributed by atoms with Gasteiger partial charge in [-0.25, -0.2) is 9.78 Å². The highest BCUT2D eigenvalue weighted by molar-refractivity contribution is 6.30. The maximum atomic E-state index is 12.0. The fraction of sp³-hybridized carbons (Fsp3) is 0.200. The normalized spacial score (nSPS) is 10.4. The summed E-state index contributed by atoms with van der Waals surface area (Å²) in [7, 11) is 0. The van der Waals surface area contributed by atoms with Crippen molar-refractivity contribution in [2.75, 3.05) is 5.32 Å². The summed E-state index contributed by atoms with van der Waals surface area (Å²) in [5.41, 5.74) is 0.255. The molecule has 2 aromatic rings. The largest absolute Gasteiger partial charge is 0.422 e. The van der Waals surface area contributed by atoms with Gasteiger partial charge in [-0.05, 0) is 50.2 Å². The van der Waals surface area contributed by atoms with E-state index in [4.69, 9.17) is 16.3 Å². The molecule has 1 N–H and O–H groups in total. The van der Waals surface area contributed by atoms with Crippen LogP contribution in [0.4, 0.5) is 5.82 Å². The molecule has 0 unspecified atom stereocenters. The first-order valence-electron chi connectivity index (χ1n) is 6.26. The molecule has 0 fully saturated rings. The predicted molar refractivity (Wildman–Crippen MR) is 79.4 cm³/mol. The smallest absolute Gasteiger partial charge is 0.362 e. The minimum Gasteiger partial charge on any atom is -0.422 e. The van der Waals surface area contributed by atoms with Crippen LogP contribution in [0.5, 0.6) is 5.75 Å². The van der Waals surface area contributed by atoms with Gasteiger partial charge in [0, 0.05) is 11.1 Å². The molecular weight excluding hydrogens is 276 g/mol. The van der Waals surface area contributed by atoms with Gasteiger partial charge in [-0.3, -0.25) is 0 Å². The number of aromatic nitrogens is 1. The van der Waals surface area contributed by atoms with Crippen molar-refractivity contribution in [3.8, 4) is 5.75 Å². The van der Waals surface area contributed by atoms with Crippen LogP contribution in [0.2, 0.25) is 5.02 Å². The van der Waals surface area contributed by atoms with Crippen LogP contribution in [0.15, 0.2) is 42.5 Å². The van der Waals surface area contributed by atoms with Crippen molar-refractivity contribution in [3.05, 3.63) is 53.2 Å². The zero-order chi connectivity index (χ0) is 14.5. The van der Waals surface area contributed by atoms with Crippen LogP contribution in [-0.4, -0.2) is 17.0 Å². The van der Waals surface area contributed by atoms with Crippen molar-refractivity contribution in [2.45, 2.75) is 19.9 Å². The van der Waals surface area contributed by atoms with Crippen LogP contribution >= 0.6 is 11.6 Å². The zero-order valence-electron chi connectivity index (χ0n) is 11.3. The average Bonchev–Trinajstić information content (AvgIpc) is 2.41. The molecule has 0 bridgehead atoms. The minimum atomic E-state index is -0.500. The number of esters is 1. The summed E-state index contributed by atoms with van der Waals surface area (Å²) in [4.78, 5) is 16.2. The summed E-state index contributed by atoms with van der Waals surface area (Å²) >= 11 is 5.77. The highest BCUT2D eigenvalue weighted by atomic mass is 35.5. The molecule has 5 heteroatoms. The number of ether oxygens (including phenoxy) is 1. The second kappa shape index (κ2) is 6.39. The molecule has 1 heterocycles. The third-order valence-corrected chi connectivity index (χ3v) is 2.67. The van der Waals surface area contributed by atoms with E-state index in [0.29, 0.717) is 16.6 Å². The Bertz CT molecular complexity index is 597. The Kier molecular flexibility index (Phi) is 4.58. The summed E-state index contributed by atoms with van der Waals surface area (Å²) in [6.45, 7) is 4.00. The summed E-state index contributed by atoms with van der Waals surface area (Å²) in [5, 5.41) is 3.72. The van der Waals surface area contributed by atoms with E-state index in [-0.39, 0.29) is 11.7 Å². The van der Waals surface area contributed by atoms with Gasteiger partial charge in [-0.15, -0.1) is 0 Å². The number of carbonyl (C=O) groups is 1. The van der Waals surface area contributed by atoms with E-state index in [1.807, 2.05) is 13.8 Å². The number of hydrogen-bond donors (Lipinski definition) is 1. The number of hydrogen-bond acceptors (Lipinski definition) is 4. The third kappa shape index (κ3) is 3.96. The van der Waals surface area contributed by atoms with Gasteiger partial charge < -0.3 is 10.1 Å². The third-order valence-electron chi connectivity index (χ3n) is 2.42. The quantitative estimate of drug-likeness (QED) is 0.688. The lowest BCUT2D eigenvalue weighted by atomic mass is 10.3. The molecule has 0 aliphatic rings. The molecule has 0 saturated heterocycles. The van der Waals surface area contributed by atoms with Gasteiger partial charge >= 0.3 is 5.97 Å². The maximum absolute atomic E-state index is 12.0. The summed E-state index contributed by atoms with van der Waals surface area (Å²) < 4.78 is 5.23. The van der Waals surface area contributed by atoms with Crippen molar-refractivity contribution in [3.63, 3.8) is 0 Å². The van der Waals surface area contributed by atoms with Gasteiger partial charge in [0.2, 0.25) is 0 Å². The second-order valence-corrected chi connectivity index (χ2v) is 4.99. The lowest BCUT2D eigenvalue weighted by Gasteiger charge is -2.10. The second-order valence-electron chi connectivity index (χ2n) is 4.55. The molecular formula is C15H15ClN2O2. The van der Waals surface area contributed by atoms with Crippen molar-refractivity contribution in [2.24, 2.45) is 0 Å². The Morgan fingerprint density at radius 2 is 1.90 bits per heavy atom. The van der Waals surface area contributed by atoms with Crippen LogP contribution in [0.3, 0.4) is 0 Å². The van der Waals surface area contributed by atoms with Gasteiger partial charge in [0.25, 0.3) is 0 Å². The standard InChI is InChI=1S/C15H15ClN2O2/c1-10(2)17-14-5-3-4-13(18-14)15(19)20-12-8-6-11(16)7-9-12/h3-10H,1-2H3,(H,17,18). The van der Waals surface area contributed by atoms with E-state index < -0.39 is 5.97 Å². The van der Waals surface area contributed by atoms with Crippen LogP contribution in [0, 0.1) is 0 Å². The molecule has 4 nitrogen and oxygen atoms in total. The van der Waals surface area contributed by atoms with E-state index in [1.54, 1.807) is 42.5 Å². The van der Waals surface area contributed by atoms with Crippen molar-refractivity contribution in [1.29, 1.82) is 0 Å². The summed E-state index contributed by atoms with van der Waals surface area (Å²) in [6, 6.07) is 12.0. The molecule has 0 aliphatic heterocycles. The first-order valence-corrected chi connectivity index (χ1v) is 6.64. The number of pyridine rings is 1. The predicted octanol–water partition coefficient (Wildman–Crippen LogP) is 3.77. The number of benzene rings is 1. The van der Waals surface area contributed by atoms with Gasteiger partial charge in [0.1, 0.15) is 11.6 Å². The topological polar surface area (TPSA) is 51.2 Å². The van der Waals surface area contributed by atoms with Gasteiger partial charge in [0.05, 0.1) is 0 Å². The molecule has 0 saturated carbocycles. The van der Waals surface area contributed by atoms with E-state index >= 15 is 0 Å². The number of nitrogens with zero attached hydrogens (tertiary/aromatic N) is 1. The van der Waals surface area contributed by atoms with E-state index in [9.17, 15) is 4.79 Å². The molecule has 0 spiro atoms. The number of rotatable bonds is 4. The molecule has 1 aromatic heterocycles. The Labute approximate surface area is 122 Å². The fourth-order valence-electron chi connectivity index (χ4n) is 1.59. The van der Waals surface area contributed by atoms with Gasteiger partial charge in [-0.1, -0.05) is 17.7 Å². The lowest BCUT2D eigenvalue weighted by molar-refractivity contribution is 0.0728. The molecule has 1 aromatic carbocycles. The Hall–Kier alpha value is -2.07. The lowest BCUT2D eigenvalue weighted by Crippen LogP contribution is -2.15. The fourth-order valence-corrected chi connectivity index (χ4v) is 1.71. The number of carbonyl (C=O) groups excluding carboxylic acids is 1. The molecule has 20 heavy (non-hydrogen) atoms. The van der Waals surface area contributed by atoms with Gasteiger partial charge in [-0.2, -0.15) is 0 Å². The number of nitrogens with one attached hydrogen (secondary N) is 1. The van der Waals surface area contributed by atoms with Crippen LogP contribution in [0.1, 0.15) is 24.3 Å². The molecule has 0 amide bonds. The van der Waals surface area contributed by atoms with Crippen LogP contribution in [-0.2, 0) is 0 Å². The molecule has 104 valence electrons. The van der Waals surface area contributed by atoms with E-state index in [0.717, 1.165) is 0 Å². The Balaban J connectivity index is 2.10. The summed E-state index contributed by atoms with van der Waals surface area (Å²) in [6.07, 6.45) is 0. The molecule has 2 rings (SSSR count). The average molecular weight is 291 g/mol. The van der Waals surface area contributed by atoms with Crippen molar-refractivity contribution >= 4 is 23.4 Å². The van der Waals surface area contributed by atoms with Crippen molar-refractivity contribution in [1.82, 2.24) is 4.98 Å². The summed E-state index contributed by atoms with van der Waals surface area (Å²) in [5.74, 6) is 0.578. The van der Waals surface area contributed by atoms with Crippen LogP contribution < -0.4 is 10.1 Å². The monoisotopic (exact) mass is 290 g/mol. The highest BCUT2D eigenvalue weighted by Gasteiger charge is 2.11. The molecule has 0 radical (unpaired) electrons. The molecule has 0 atom stereocenters. The first-order chi connectivity index (χ1) is 9.54. The van der Waals surface area contributed by atoms with E-state index in [1.165, 1.54) is 0 Å². The van der Waals surface area contributed by atoms with Crippen LogP contribution in [0.25, 0.3) is 0 Å². The van der Waals surface area contributed by atoms with E-state index in [2.05, 4.69) is 10.3 Å². The SMILES string of the molecule is CC(C)Nc1cccc(C(=O)Oc2ccc(Cl)cc2)n1. The highest BCUT2D eigenvalue weighted by Crippen LogP contribution is 2.17. The maximum Gasteiger partial charge on any atom is 0.362 e. The zero-order valence-corrected chi connectivity index (χ0v) is 12.0. The van der Waals surface area contributed by atoms with Crippen molar-refractivity contribution < 1.29 is 9.53 Å².